The van der Waals surface area contributed by atoms with Crippen LogP contribution in [0.15, 0.2) is 30.3 Å². The van der Waals surface area contributed by atoms with Gasteiger partial charge >= 0.3 is 5.97 Å². The lowest BCUT2D eigenvalue weighted by Gasteiger charge is -2.30. The van der Waals surface area contributed by atoms with E-state index in [4.69, 9.17) is 10.5 Å². The average Bonchev–Trinajstić information content (AvgIpc) is 3.59. The smallest absolute Gasteiger partial charge is 0.308 e. The summed E-state index contributed by atoms with van der Waals surface area (Å²) in [6.45, 7) is 5.18. The van der Waals surface area contributed by atoms with Crippen LogP contribution in [0, 0.1) is 5.92 Å². The van der Waals surface area contributed by atoms with E-state index in [2.05, 4.69) is 6.92 Å². The van der Waals surface area contributed by atoms with Crippen molar-refractivity contribution >= 4 is 11.9 Å². The Morgan fingerprint density at radius 2 is 1.87 bits per heavy atom. The number of amides is 1. The van der Waals surface area contributed by atoms with Gasteiger partial charge in [0.2, 0.25) is 5.91 Å². The third-order valence-electron chi connectivity index (χ3n) is 7.86. The van der Waals surface area contributed by atoms with Crippen molar-refractivity contribution < 1.29 is 29.6 Å². The summed E-state index contributed by atoms with van der Waals surface area (Å²) in [5, 5.41) is 30.7. The van der Waals surface area contributed by atoms with E-state index in [1.165, 1.54) is 16.7 Å². The fraction of sp³-hybridized carbons (Fsp3) is 0.571. The van der Waals surface area contributed by atoms with Crippen molar-refractivity contribution in [1.29, 1.82) is 0 Å². The van der Waals surface area contributed by atoms with E-state index in [0.29, 0.717) is 45.6 Å². The van der Waals surface area contributed by atoms with Crippen LogP contribution < -0.4 is 10.5 Å². The Kier molecular flexibility index (Phi) is 9.17. The molecule has 5 N–H and O–H groups in total. The third kappa shape index (κ3) is 6.07. The summed E-state index contributed by atoms with van der Waals surface area (Å²) >= 11 is 0. The molecule has 2 aliphatic rings. The minimum atomic E-state index is -0.918. The average molecular weight is 529 g/mol. The van der Waals surface area contributed by atoms with E-state index >= 15 is 0 Å². The van der Waals surface area contributed by atoms with Crippen molar-refractivity contribution in [3.63, 3.8) is 0 Å². The largest absolute Gasteiger partial charge is 0.494 e. The Bertz CT molecular complexity index is 1090. The molecule has 1 unspecified atom stereocenters. The molecule has 1 saturated heterocycles. The fourth-order valence-electron chi connectivity index (χ4n) is 5.83. The van der Waals surface area contributed by atoms with Gasteiger partial charge in [0.15, 0.2) is 11.8 Å². The molecule has 2 aliphatic heterocycles. The van der Waals surface area contributed by atoms with Crippen LogP contribution in [-0.4, -0.2) is 86.9 Å². The quantitative estimate of drug-likeness (QED) is 0.311. The fourth-order valence-corrected chi connectivity index (χ4v) is 5.83. The molecule has 0 aliphatic carbocycles. The highest BCUT2D eigenvalue weighted by atomic mass is 16.5. The Labute approximate surface area is 223 Å². The van der Waals surface area contributed by atoms with Gasteiger partial charge in [0, 0.05) is 56.7 Å². The number of rotatable bonds is 13. The monoisotopic (exact) mass is 528 g/mol. The number of carboxylic acid groups (broad SMARTS) is 1. The first-order valence-electron chi connectivity index (χ1n) is 13.6. The summed E-state index contributed by atoms with van der Waals surface area (Å²) in [6.07, 6.45) is 3.71. The van der Waals surface area contributed by atoms with Crippen molar-refractivity contribution in [3.8, 4) is 17.5 Å². The molecule has 0 radical (unpaired) electrons. The van der Waals surface area contributed by atoms with Crippen LogP contribution in [0.1, 0.15) is 49.7 Å². The summed E-state index contributed by atoms with van der Waals surface area (Å²) in [5.74, 6) is -1.34. The predicted octanol–water partition coefficient (Wildman–Crippen LogP) is 2.37. The highest BCUT2D eigenvalue weighted by Gasteiger charge is 2.47. The van der Waals surface area contributed by atoms with Gasteiger partial charge in [-0.05, 0) is 43.0 Å². The van der Waals surface area contributed by atoms with E-state index in [1.54, 1.807) is 0 Å². The first-order valence-corrected chi connectivity index (χ1v) is 13.6. The van der Waals surface area contributed by atoms with E-state index < -0.39 is 17.9 Å². The summed E-state index contributed by atoms with van der Waals surface area (Å²) in [7, 11) is 0. The number of carboxylic acids is 1. The Balaban J connectivity index is 1.61. The molecule has 10 heteroatoms. The van der Waals surface area contributed by atoms with Crippen LogP contribution in [0.2, 0.25) is 0 Å². The Morgan fingerprint density at radius 1 is 1.13 bits per heavy atom. The molecule has 10 nitrogen and oxygen atoms in total. The molecule has 1 aromatic carbocycles. The summed E-state index contributed by atoms with van der Waals surface area (Å²) in [4.78, 5) is 30.0. The molecule has 0 spiro atoms. The Morgan fingerprint density at radius 3 is 2.55 bits per heavy atom. The number of ether oxygens (including phenoxy) is 1. The molecule has 4 rings (SSSR count). The molecule has 1 aromatic heterocycles. The zero-order valence-electron chi connectivity index (χ0n) is 22.1. The van der Waals surface area contributed by atoms with E-state index in [-0.39, 0.29) is 36.7 Å². The zero-order valence-corrected chi connectivity index (χ0v) is 22.1. The van der Waals surface area contributed by atoms with Gasteiger partial charge in [0.05, 0.1) is 19.1 Å². The van der Waals surface area contributed by atoms with Crippen LogP contribution >= 0.6 is 0 Å². The van der Waals surface area contributed by atoms with Gasteiger partial charge in [-0.3, -0.25) is 19.1 Å². The van der Waals surface area contributed by atoms with Gasteiger partial charge in [-0.25, -0.2) is 0 Å². The lowest BCUT2D eigenvalue weighted by molar-refractivity contribution is -0.144. The molecule has 208 valence electrons. The maximum atomic E-state index is 13.5. The summed E-state index contributed by atoms with van der Waals surface area (Å²) in [6, 6.07) is 8.23. The van der Waals surface area contributed by atoms with Gasteiger partial charge in [0.25, 0.3) is 0 Å². The molecule has 38 heavy (non-hydrogen) atoms. The van der Waals surface area contributed by atoms with Crippen molar-refractivity contribution in [2.24, 2.45) is 11.7 Å². The number of hydrogen-bond acceptors (Lipinski definition) is 7. The lowest BCUT2D eigenvalue weighted by Crippen LogP contribution is -2.45. The number of aliphatic carboxylic acids is 1. The number of unbranched alkanes of at least 4 members (excludes halogenated alkanes) is 1. The molecule has 0 bridgehead atoms. The Hall–Kier alpha value is -3.24. The topological polar surface area (TPSA) is 141 Å². The van der Waals surface area contributed by atoms with Crippen molar-refractivity contribution in [1.82, 2.24) is 14.4 Å². The molecular weight excluding hydrogens is 488 g/mol. The summed E-state index contributed by atoms with van der Waals surface area (Å²) in [5.41, 5.74) is 7.71. The number of likely N-dealkylation sites (tertiary alicyclic amines) is 1. The van der Waals surface area contributed by atoms with Crippen molar-refractivity contribution in [2.75, 3.05) is 39.3 Å². The number of aromatic hydroxyl groups is 2. The molecule has 1 fully saturated rings. The predicted molar refractivity (Wildman–Crippen MR) is 142 cm³/mol. The third-order valence-corrected chi connectivity index (χ3v) is 7.86. The van der Waals surface area contributed by atoms with Crippen LogP contribution in [0.4, 0.5) is 0 Å². The van der Waals surface area contributed by atoms with E-state index in [9.17, 15) is 24.9 Å². The first kappa shape index (κ1) is 27.8. The zero-order chi connectivity index (χ0) is 27.2. The van der Waals surface area contributed by atoms with Crippen molar-refractivity contribution in [2.45, 2.75) is 57.5 Å². The number of carbonyl (C=O) groups is 2. The van der Waals surface area contributed by atoms with E-state index in [0.717, 1.165) is 36.1 Å². The maximum absolute atomic E-state index is 13.5. The number of benzene rings is 1. The highest BCUT2D eigenvalue weighted by Crippen LogP contribution is 2.41. The van der Waals surface area contributed by atoms with Gasteiger partial charge in [-0.15, -0.1) is 0 Å². The number of hydrogen-bond donors (Lipinski definition) is 4. The second-order valence-corrected chi connectivity index (χ2v) is 10.3. The normalized spacial score (nSPS) is 20.8. The molecule has 3 heterocycles. The minimum absolute atomic E-state index is 0.0318. The van der Waals surface area contributed by atoms with Gasteiger partial charge in [-0.2, -0.15) is 0 Å². The molecule has 1 amide bonds. The number of nitrogens with two attached hydrogens (primary N) is 1. The number of fused-ring (bicyclic) bond motifs is 1. The minimum Gasteiger partial charge on any atom is -0.494 e. The van der Waals surface area contributed by atoms with Gasteiger partial charge in [-0.1, -0.05) is 25.5 Å². The second kappa shape index (κ2) is 12.5. The van der Waals surface area contributed by atoms with E-state index in [1.807, 2.05) is 28.0 Å². The first-order chi connectivity index (χ1) is 18.3. The highest BCUT2D eigenvalue weighted by molar-refractivity contribution is 5.79. The lowest BCUT2D eigenvalue weighted by atomic mass is 9.83. The van der Waals surface area contributed by atoms with Gasteiger partial charge < -0.3 is 30.7 Å². The number of carbonyl (C=O) groups excluding carboxylic acids is 1. The molecule has 0 saturated carbocycles. The molecule has 3 atom stereocenters. The standard InChI is InChI=1S/C28H40N4O6/c1-2-3-12-30(13-4-11-29)26(35)18-31-17-21(19-5-6-23-20(16-19)10-15-38-23)27(28(36)37)22(31)9-14-32-24(33)7-8-25(32)34/h5-8,16,21-22,27,33-34H,2-4,9-15,17-18,29H2,1H3,(H,36,37)/t21-,22+,27?/m1/s1. The summed E-state index contributed by atoms with van der Waals surface area (Å²) < 4.78 is 7.00. The molecular formula is C28H40N4O6. The van der Waals surface area contributed by atoms with Gasteiger partial charge in [0.1, 0.15) is 5.75 Å². The maximum Gasteiger partial charge on any atom is 0.308 e. The number of nitrogens with zero attached hydrogens (tertiary/aromatic N) is 3. The number of aromatic nitrogens is 1. The van der Waals surface area contributed by atoms with Crippen LogP contribution in [0.25, 0.3) is 0 Å². The van der Waals surface area contributed by atoms with Crippen molar-refractivity contribution in [3.05, 3.63) is 41.5 Å². The van der Waals surface area contributed by atoms with Crippen LogP contribution in [0.5, 0.6) is 17.5 Å². The second-order valence-electron chi connectivity index (χ2n) is 10.3. The molecule has 2 aromatic rings. The van der Waals surface area contributed by atoms with Crippen LogP contribution in [0.3, 0.4) is 0 Å². The SMILES string of the molecule is CCCCN(CCCN)C(=O)CN1C[C@H](c2ccc3c(c2)CCO3)C(C(=O)O)[C@@H]1CCn1c(O)ccc1O. The van der Waals surface area contributed by atoms with Crippen LogP contribution in [-0.2, 0) is 22.6 Å².